The minimum absolute atomic E-state index is 0.0601. The van der Waals surface area contributed by atoms with Crippen molar-refractivity contribution >= 4 is 17.9 Å². The second-order valence-electron chi connectivity index (χ2n) is 4.04. The fraction of sp³-hybridized carbons (Fsp3) is 0.308. The number of phenolic OH excluding ortho intramolecular Hbond substituents is 1. The Bertz CT molecular complexity index is 646. The third kappa shape index (κ3) is 2.04. The van der Waals surface area contributed by atoms with Crippen LogP contribution in [0.4, 0.5) is 0 Å². The van der Waals surface area contributed by atoms with E-state index in [0.717, 1.165) is 14.2 Å². The zero-order valence-electron chi connectivity index (χ0n) is 11.5. The summed E-state index contributed by atoms with van der Waals surface area (Å²) in [5.41, 5.74) is -0.867. The van der Waals surface area contributed by atoms with Crippen LogP contribution in [0.1, 0.15) is 36.6 Å². The Morgan fingerprint density at radius 3 is 2.19 bits per heavy atom. The predicted molar refractivity (Wildman–Crippen MR) is 66.5 cm³/mol. The van der Waals surface area contributed by atoms with Gasteiger partial charge in [-0.15, -0.1) is 0 Å². The number of methoxy groups -OCH3 is 3. The van der Waals surface area contributed by atoms with Crippen molar-refractivity contribution in [2.24, 2.45) is 0 Å². The molecule has 0 spiro atoms. The first-order valence-corrected chi connectivity index (χ1v) is 5.77. The smallest absolute Gasteiger partial charge is 0.342 e. The van der Waals surface area contributed by atoms with Crippen LogP contribution in [-0.2, 0) is 20.8 Å². The highest BCUT2D eigenvalue weighted by molar-refractivity contribution is 6.11. The summed E-state index contributed by atoms with van der Waals surface area (Å²) in [5, 5.41) is 10.2. The van der Waals surface area contributed by atoms with E-state index in [1.807, 2.05) is 0 Å². The molecule has 0 aliphatic carbocycles. The summed E-state index contributed by atoms with van der Waals surface area (Å²) in [5.74, 6) is -3.45. The van der Waals surface area contributed by atoms with Crippen molar-refractivity contribution < 1.29 is 38.4 Å². The number of rotatable bonds is 3. The summed E-state index contributed by atoms with van der Waals surface area (Å²) in [6.07, 6.45) is 0. The van der Waals surface area contributed by atoms with E-state index in [1.165, 1.54) is 7.11 Å². The monoisotopic (exact) mass is 296 g/mol. The summed E-state index contributed by atoms with van der Waals surface area (Å²) in [6, 6.07) is 0. The molecule has 1 N–H and O–H groups in total. The molecule has 1 aliphatic rings. The maximum Gasteiger partial charge on any atom is 0.342 e. The quantitative estimate of drug-likeness (QED) is 0.639. The van der Waals surface area contributed by atoms with Crippen molar-refractivity contribution in [2.45, 2.75) is 6.61 Å². The van der Waals surface area contributed by atoms with Crippen LogP contribution in [0.5, 0.6) is 11.5 Å². The first-order valence-electron chi connectivity index (χ1n) is 5.77. The van der Waals surface area contributed by atoms with Gasteiger partial charge in [0.25, 0.3) is 0 Å². The SMILES string of the molecule is COC(=O)c1c(O)c2c(c(OC)c1C(=O)OC)C(=O)OC2. The van der Waals surface area contributed by atoms with Gasteiger partial charge in [0.05, 0.1) is 26.9 Å². The van der Waals surface area contributed by atoms with Crippen molar-refractivity contribution in [2.75, 3.05) is 21.3 Å². The van der Waals surface area contributed by atoms with Crippen LogP contribution in [0.15, 0.2) is 0 Å². The van der Waals surface area contributed by atoms with Gasteiger partial charge in [0.2, 0.25) is 0 Å². The number of fused-ring (bicyclic) bond motifs is 1. The van der Waals surface area contributed by atoms with Crippen molar-refractivity contribution in [1.29, 1.82) is 0 Å². The number of ether oxygens (including phenoxy) is 4. The van der Waals surface area contributed by atoms with Gasteiger partial charge in [0, 0.05) is 0 Å². The zero-order valence-corrected chi connectivity index (χ0v) is 11.5. The van der Waals surface area contributed by atoms with Gasteiger partial charge < -0.3 is 24.1 Å². The third-order valence-electron chi connectivity index (χ3n) is 3.06. The highest BCUT2D eigenvalue weighted by atomic mass is 16.5. The molecule has 0 fully saturated rings. The van der Waals surface area contributed by atoms with E-state index in [-0.39, 0.29) is 29.0 Å². The lowest BCUT2D eigenvalue weighted by Gasteiger charge is -2.15. The van der Waals surface area contributed by atoms with Crippen LogP contribution < -0.4 is 4.74 Å². The van der Waals surface area contributed by atoms with Crippen molar-refractivity contribution in [3.05, 3.63) is 22.3 Å². The third-order valence-corrected chi connectivity index (χ3v) is 3.06. The van der Waals surface area contributed by atoms with Gasteiger partial charge in [0.1, 0.15) is 34.8 Å². The molecule has 21 heavy (non-hydrogen) atoms. The average molecular weight is 296 g/mol. The fourth-order valence-corrected chi connectivity index (χ4v) is 2.13. The molecule has 1 heterocycles. The van der Waals surface area contributed by atoms with Gasteiger partial charge in [-0.3, -0.25) is 0 Å². The second kappa shape index (κ2) is 5.31. The highest BCUT2D eigenvalue weighted by Crippen LogP contribution is 2.42. The predicted octanol–water partition coefficient (Wildman–Crippen LogP) is 0.644. The maximum atomic E-state index is 11.9. The number of carbonyl (C=O) groups excluding carboxylic acids is 3. The number of esters is 3. The number of phenols is 1. The van der Waals surface area contributed by atoms with E-state index in [2.05, 4.69) is 9.47 Å². The minimum atomic E-state index is -0.964. The molecule has 112 valence electrons. The van der Waals surface area contributed by atoms with E-state index in [0.29, 0.717) is 0 Å². The van der Waals surface area contributed by atoms with Crippen LogP contribution in [0.2, 0.25) is 0 Å². The normalized spacial score (nSPS) is 12.4. The summed E-state index contributed by atoms with van der Waals surface area (Å²) in [4.78, 5) is 35.5. The van der Waals surface area contributed by atoms with Gasteiger partial charge in [-0.2, -0.15) is 0 Å². The number of benzene rings is 1. The van der Waals surface area contributed by atoms with Crippen LogP contribution in [0.25, 0.3) is 0 Å². The van der Waals surface area contributed by atoms with E-state index in [1.54, 1.807) is 0 Å². The van der Waals surface area contributed by atoms with Crippen LogP contribution >= 0.6 is 0 Å². The van der Waals surface area contributed by atoms with Gasteiger partial charge in [-0.25, -0.2) is 14.4 Å². The minimum Gasteiger partial charge on any atom is -0.507 e. The number of hydrogen-bond acceptors (Lipinski definition) is 8. The summed E-state index contributed by atoms with van der Waals surface area (Å²) >= 11 is 0. The lowest BCUT2D eigenvalue weighted by atomic mass is 9.96. The molecule has 1 aliphatic heterocycles. The van der Waals surface area contributed by atoms with Crippen molar-refractivity contribution in [3.63, 3.8) is 0 Å². The van der Waals surface area contributed by atoms with Crippen LogP contribution in [0.3, 0.4) is 0 Å². The first-order chi connectivity index (χ1) is 9.97. The van der Waals surface area contributed by atoms with Crippen molar-refractivity contribution in [3.8, 4) is 11.5 Å². The van der Waals surface area contributed by atoms with Gasteiger partial charge in [-0.05, 0) is 0 Å². The first kappa shape index (κ1) is 14.6. The molecule has 0 unspecified atom stereocenters. The summed E-state index contributed by atoms with van der Waals surface area (Å²) in [7, 11) is 3.39. The maximum absolute atomic E-state index is 11.9. The fourth-order valence-electron chi connectivity index (χ4n) is 2.13. The Morgan fingerprint density at radius 1 is 1.10 bits per heavy atom. The second-order valence-corrected chi connectivity index (χ2v) is 4.04. The summed E-state index contributed by atoms with van der Waals surface area (Å²) < 4.78 is 19.0. The van der Waals surface area contributed by atoms with Crippen molar-refractivity contribution in [1.82, 2.24) is 0 Å². The molecule has 1 aromatic rings. The largest absolute Gasteiger partial charge is 0.507 e. The van der Waals surface area contributed by atoms with E-state index < -0.39 is 29.2 Å². The van der Waals surface area contributed by atoms with Gasteiger partial charge in [0.15, 0.2) is 0 Å². The Labute approximate surface area is 119 Å². The standard InChI is InChI=1S/C13H12O8/c1-18-10-6-5(4-21-13(6)17)9(14)7(11(15)19-2)8(10)12(16)20-3/h14H,4H2,1-3H3. The molecule has 0 bridgehead atoms. The topological polar surface area (TPSA) is 108 Å². The van der Waals surface area contributed by atoms with E-state index in [9.17, 15) is 19.5 Å². The molecule has 0 amide bonds. The molecule has 8 nitrogen and oxygen atoms in total. The highest BCUT2D eigenvalue weighted by Gasteiger charge is 2.38. The zero-order chi connectivity index (χ0) is 15.7. The number of carbonyl (C=O) groups is 3. The summed E-state index contributed by atoms with van der Waals surface area (Å²) in [6.45, 7) is -0.234. The molecule has 8 heteroatoms. The van der Waals surface area contributed by atoms with Crippen LogP contribution in [-0.4, -0.2) is 44.3 Å². The van der Waals surface area contributed by atoms with E-state index >= 15 is 0 Å². The molecule has 0 saturated heterocycles. The Balaban J connectivity index is 2.91. The number of hydrogen-bond donors (Lipinski definition) is 1. The molecular formula is C13H12O8. The van der Waals surface area contributed by atoms with Gasteiger partial charge >= 0.3 is 17.9 Å². The Kier molecular flexibility index (Phi) is 3.70. The van der Waals surface area contributed by atoms with Crippen LogP contribution in [0, 0.1) is 0 Å². The molecular weight excluding hydrogens is 284 g/mol. The molecule has 0 saturated carbocycles. The lowest BCUT2D eigenvalue weighted by molar-refractivity contribution is 0.0531. The van der Waals surface area contributed by atoms with Gasteiger partial charge in [-0.1, -0.05) is 0 Å². The Hall–Kier alpha value is -2.77. The lowest BCUT2D eigenvalue weighted by Crippen LogP contribution is -2.16. The number of cyclic esters (lactones) is 1. The average Bonchev–Trinajstić information content (AvgIpc) is 2.88. The van der Waals surface area contributed by atoms with E-state index in [4.69, 9.17) is 9.47 Å². The molecule has 0 aromatic heterocycles. The molecule has 0 atom stereocenters. The number of aromatic hydroxyl groups is 1. The Morgan fingerprint density at radius 2 is 1.67 bits per heavy atom. The molecule has 0 radical (unpaired) electrons. The molecule has 2 rings (SSSR count). The molecule has 1 aromatic carbocycles.